The molecule has 0 atom stereocenters. The van der Waals surface area contributed by atoms with Crippen LogP contribution in [-0.4, -0.2) is 10.7 Å². The fourth-order valence-electron chi connectivity index (χ4n) is 1.88. The molecule has 0 amide bonds. The lowest BCUT2D eigenvalue weighted by Crippen LogP contribution is -1.91. The van der Waals surface area contributed by atoms with E-state index >= 15 is 0 Å². The number of nitro benzene ring substituents is 1. The second kappa shape index (κ2) is 6.96. The van der Waals surface area contributed by atoms with Gasteiger partial charge in [0.2, 0.25) is 0 Å². The summed E-state index contributed by atoms with van der Waals surface area (Å²) in [6.45, 7) is 0. The zero-order chi connectivity index (χ0) is 14.4. The van der Waals surface area contributed by atoms with Crippen LogP contribution < -0.4 is 5.73 Å². The largest absolute Gasteiger partial charge is 0.399 e. The number of nitrogens with two attached hydrogens (primary N) is 1. The van der Waals surface area contributed by atoms with Crippen molar-refractivity contribution in [2.24, 2.45) is 0 Å². The van der Waals surface area contributed by atoms with Crippen molar-refractivity contribution in [1.82, 2.24) is 0 Å². The van der Waals surface area contributed by atoms with Crippen LogP contribution >= 0.6 is 11.8 Å². The number of benzene rings is 2. The van der Waals surface area contributed by atoms with Crippen molar-refractivity contribution >= 4 is 23.1 Å². The van der Waals surface area contributed by atoms with Crippen LogP contribution in [0.2, 0.25) is 0 Å². The summed E-state index contributed by atoms with van der Waals surface area (Å²) in [7, 11) is 0. The topological polar surface area (TPSA) is 69.2 Å². The summed E-state index contributed by atoms with van der Waals surface area (Å²) in [5.41, 5.74) is 7.91. The molecule has 0 fully saturated rings. The normalized spacial score (nSPS) is 10.4. The Morgan fingerprint density at radius 1 is 1.15 bits per heavy atom. The number of non-ortho nitro benzene ring substituents is 1. The second-order valence-electron chi connectivity index (χ2n) is 4.45. The maximum atomic E-state index is 10.5. The van der Waals surface area contributed by atoms with Gasteiger partial charge in [-0.05, 0) is 48.4 Å². The first-order valence-electron chi connectivity index (χ1n) is 6.37. The average Bonchev–Trinajstić information content (AvgIpc) is 2.44. The van der Waals surface area contributed by atoms with Crippen LogP contribution in [0.5, 0.6) is 0 Å². The molecule has 2 N–H and O–H groups in total. The van der Waals surface area contributed by atoms with Gasteiger partial charge >= 0.3 is 0 Å². The summed E-state index contributed by atoms with van der Waals surface area (Å²) in [5, 5.41) is 10.5. The highest BCUT2D eigenvalue weighted by molar-refractivity contribution is 7.99. The fourth-order valence-corrected chi connectivity index (χ4v) is 2.73. The summed E-state index contributed by atoms with van der Waals surface area (Å²) in [6.07, 6.45) is 2.04. The van der Waals surface area contributed by atoms with Crippen LogP contribution in [0.15, 0.2) is 53.4 Å². The van der Waals surface area contributed by atoms with Gasteiger partial charge in [0.05, 0.1) is 4.92 Å². The Balaban J connectivity index is 1.77. The maximum absolute atomic E-state index is 10.5. The van der Waals surface area contributed by atoms with Crippen LogP contribution in [0.3, 0.4) is 0 Å². The van der Waals surface area contributed by atoms with E-state index in [1.807, 2.05) is 18.2 Å². The third-order valence-electron chi connectivity index (χ3n) is 2.88. The summed E-state index contributed by atoms with van der Waals surface area (Å²) in [6, 6.07) is 14.6. The van der Waals surface area contributed by atoms with Gasteiger partial charge in [0.15, 0.2) is 0 Å². The average molecular weight is 288 g/mol. The van der Waals surface area contributed by atoms with E-state index < -0.39 is 0 Å². The molecule has 104 valence electrons. The maximum Gasteiger partial charge on any atom is 0.269 e. The van der Waals surface area contributed by atoms with Crippen molar-refractivity contribution in [3.63, 3.8) is 0 Å². The van der Waals surface area contributed by atoms with Gasteiger partial charge in [-0.15, -0.1) is 11.8 Å². The molecule has 2 rings (SSSR count). The predicted octanol–water partition coefficient (Wildman–Crippen LogP) is 3.90. The summed E-state index contributed by atoms with van der Waals surface area (Å²) in [5.74, 6) is 0.979. The quantitative estimate of drug-likeness (QED) is 0.288. The SMILES string of the molecule is Nc1cccc(CCCSc2ccc([N+](=O)[O-])cc2)c1. The second-order valence-corrected chi connectivity index (χ2v) is 5.62. The highest BCUT2D eigenvalue weighted by atomic mass is 32.2. The molecular weight excluding hydrogens is 272 g/mol. The minimum absolute atomic E-state index is 0.133. The van der Waals surface area contributed by atoms with Crippen LogP contribution in [0.1, 0.15) is 12.0 Å². The first kappa shape index (κ1) is 14.4. The lowest BCUT2D eigenvalue weighted by Gasteiger charge is -2.03. The van der Waals surface area contributed by atoms with Crippen LogP contribution in [0.4, 0.5) is 11.4 Å². The molecule has 0 bridgehead atoms. The van der Waals surface area contributed by atoms with Gasteiger partial charge in [0.1, 0.15) is 0 Å². The lowest BCUT2D eigenvalue weighted by molar-refractivity contribution is -0.384. The molecule has 4 nitrogen and oxygen atoms in total. The summed E-state index contributed by atoms with van der Waals surface area (Å²) >= 11 is 1.71. The van der Waals surface area contributed by atoms with Crippen molar-refractivity contribution in [3.8, 4) is 0 Å². The van der Waals surface area contributed by atoms with E-state index in [9.17, 15) is 10.1 Å². The van der Waals surface area contributed by atoms with Crippen LogP contribution in [-0.2, 0) is 6.42 Å². The number of aryl methyl sites for hydroxylation is 1. The Labute approximate surface area is 122 Å². The molecule has 0 aliphatic heterocycles. The molecule has 0 aromatic heterocycles. The number of thioether (sulfide) groups is 1. The Kier molecular flexibility index (Phi) is 5.01. The molecule has 0 spiro atoms. The van der Waals surface area contributed by atoms with E-state index in [0.29, 0.717) is 0 Å². The third-order valence-corrected chi connectivity index (χ3v) is 3.98. The Morgan fingerprint density at radius 2 is 1.90 bits per heavy atom. The Hall–Kier alpha value is -2.01. The van der Waals surface area contributed by atoms with Gasteiger partial charge in [-0.2, -0.15) is 0 Å². The molecular formula is C15H16N2O2S. The van der Waals surface area contributed by atoms with Crippen molar-refractivity contribution in [3.05, 3.63) is 64.2 Å². The van der Waals surface area contributed by atoms with E-state index in [-0.39, 0.29) is 10.6 Å². The number of hydrogen-bond acceptors (Lipinski definition) is 4. The number of nitrogen functional groups attached to an aromatic ring is 1. The number of nitrogens with zero attached hydrogens (tertiary/aromatic N) is 1. The Morgan fingerprint density at radius 3 is 2.55 bits per heavy atom. The van der Waals surface area contributed by atoms with Gasteiger partial charge in [-0.25, -0.2) is 0 Å². The van der Waals surface area contributed by atoms with Crippen LogP contribution in [0.25, 0.3) is 0 Å². The van der Waals surface area contributed by atoms with Crippen LogP contribution in [0, 0.1) is 10.1 Å². The van der Waals surface area contributed by atoms with E-state index in [2.05, 4.69) is 6.07 Å². The molecule has 0 aliphatic carbocycles. The number of rotatable bonds is 6. The smallest absolute Gasteiger partial charge is 0.269 e. The molecule has 2 aromatic carbocycles. The molecule has 20 heavy (non-hydrogen) atoms. The monoisotopic (exact) mass is 288 g/mol. The number of anilines is 1. The molecule has 0 saturated heterocycles. The van der Waals surface area contributed by atoms with Crippen molar-refractivity contribution < 1.29 is 4.92 Å². The highest BCUT2D eigenvalue weighted by Gasteiger charge is 2.04. The van der Waals surface area contributed by atoms with Gasteiger partial charge < -0.3 is 5.73 Å². The van der Waals surface area contributed by atoms with Crippen molar-refractivity contribution in [1.29, 1.82) is 0 Å². The summed E-state index contributed by atoms with van der Waals surface area (Å²) < 4.78 is 0. The number of hydrogen-bond donors (Lipinski definition) is 1. The molecule has 0 heterocycles. The number of nitro groups is 1. The van der Waals surface area contributed by atoms with Crippen molar-refractivity contribution in [2.45, 2.75) is 17.7 Å². The van der Waals surface area contributed by atoms with E-state index in [1.54, 1.807) is 36.0 Å². The first-order chi connectivity index (χ1) is 9.65. The molecule has 0 saturated carbocycles. The zero-order valence-corrected chi connectivity index (χ0v) is 11.8. The summed E-state index contributed by atoms with van der Waals surface area (Å²) in [4.78, 5) is 11.2. The lowest BCUT2D eigenvalue weighted by atomic mass is 10.1. The standard InChI is InChI=1S/C15H16N2O2S/c16-13-5-1-3-12(11-13)4-2-10-20-15-8-6-14(7-9-15)17(18)19/h1,3,5-9,11H,2,4,10,16H2. The zero-order valence-electron chi connectivity index (χ0n) is 11.0. The van der Waals surface area contributed by atoms with E-state index in [1.165, 1.54) is 5.56 Å². The molecule has 5 heteroatoms. The predicted molar refractivity (Wildman–Crippen MR) is 83.0 cm³/mol. The molecule has 2 aromatic rings. The highest BCUT2D eigenvalue weighted by Crippen LogP contribution is 2.22. The third kappa shape index (κ3) is 4.28. The first-order valence-corrected chi connectivity index (χ1v) is 7.35. The fraction of sp³-hybridized carbons (Fsp3) is 0.200. The van der Waals surface area contributed by atoms with Gasteiger partial charge in [-0.1, -0.05) is 12.1 Å². The minimum Gasteiger partial charge on any atom is -0.399 e. The molecule has 0 unspecified atom stereocenters. The van der Waals surface area contributed by atoms with Gasteiger partial charge in [0, 0.05) is 22.7 Å². The van der Waals surface area contributed by atoms with Gasteiger partial charge in [-0.3, -0.25) is 10.1 Å². The Bertz CT molecular complexity index is 585. The van der Waals surface area contributed by atoms with E-state index in [0.717, 1.165) is 29.2 Å². The molecule has 0 aliphatic rings. The van der Waals surface area contributed by atoms with Crippen molar-refractivity contribution in [2.75, 3.05) is 11.5 Å². The molecule has 0 radical (unpaired) electrons. The van der Waals surface area contributed by atoms with Gasteiger partial charge in [0.25, 0.3) is 5.69 Å². The van der Waals surface area contributed by atoms with E-state index in [4.69, 9.17) is 5.73 Å². The minimum atomic E-state index is -0.381.